The van der Waals surface area contributed by atoms with Gasteiger partial charge >= 0.3 is 0 Å². The lowest BCUT2D eigenvalue weighted by Crippen LogP contribution is -2.03. The van der Waals surface area contributed by atoms with E-state index in [-0.39, 0.29) is 17.8 Å². The maximum absolute atomic E-state index is 13.2. The Morgan fingerprint density at radius 2 is 1.78 bits per heavy atom. The van der Waals surface area contributed by atoms with Crippen molar-refractivity contribution < 1.29 is 22.3 Å². The summed E-state index contributed by atoms with van der Waals surface area (Å²) < 4.78 is 56.8. The Labute approximate surface area is 103 Å². The van der Waals surface area contributed by atoms with E-state index in [1.54, 1.807) is 0 Å². The highest BCUT2D eigenvalue weighted by atomic mass is 32.1. The van der Waals surface area contributed by atoms with Gasteiger partial charge in [0.15, 0.2) is 22.5 Å². The molecule has 0 aliphatic heterocycles. The first kappa shape index (κ1) is 12.6. The molecule has 18 heavy (non-hydrogen) atoms. The maximum Gasteiger partial charge on any atom is 0.203 e. The van der Waals surface area contributed by atoms with Crippen LogP contribution >= 0.6 is 11.3 Å². The van der Waals surface area contributed by atoms with Gasteiger partial charge < -0.3 is 10.5 Å². The number of rotatable bonds is 3. The molecule has 2 rings (SSSR count). The first-order valence-electron chi connectivity index (χ1n) is 4.65. The fraction of sp³-hybridized carbons (Fsp3) is 0.100. The molecular weight excluding hydrogens is 272 g/mol. The summed E-state index contributed by atoms with van der Waals surface area (Å²) in [6, 6.07) is 0.113. The molecule has 0 fully saturated rings. The molecule has 8 heteroatoms. The van der Waals surface area contributed by atoms with Gasteiger partial charge in [-0.3, -0.25) is 0 Å². The van der Waals surface area contributed by atoms with Crippen LogP contribution in [0.2, 0.25) is 0 Å². The fourth-order valence-electron chi connectivity index (χ4n) is 1.21. The van der Waals surface area contributed by atoms with Crippen LogP contribution < -0.4 is 10.5 Å². The average molecular weight is 278 g/mol. The molecule has 0 saturated heterocycles. The van der Waals surface area contributed by atoms with Crippen LogP contribution in [0.4, 0.5) is 22.7 Å². The van der Waals surface area contributed by atoms with Crippen molar-refractivity contribution in [2.75, 3.05) is 5.73 Å². The van der Waals surface area contributed by atoms with Crippen molar-refractivity contribution in [2.45, 2.75) is 6.61 Å². The number of hydrogen-bond acceptors (Lipinski definition) is 4. The van der Waals surface area contributed by atoms with Gasteiger partial charge in [0.25, 0.3) is 0 Å². The lowest BCUT2D eigenvalue weighted by atomic mass is 10.3. The molecule has 2 aromatic rings. The standard InChI is InChI=1S/C10H6F4N2OS/c11-5-1-6(12)8(14)9(7(5)13)17-3-4-2-16-10(15)18-4/h1-2H,3H2,(H2,15,16). The molecule has 0 atom stereocenters. The predicted molar refractivity (Wildman–Crippen MR) is 57.1 cm³/mol. The van der Waals surface area contributed by atoms with Crippen LogP contribution in [0.25, 0.3) is 0 Å². The number of nitrogens with zero attached hydrogens (tertiary/aromatic N) is 1. The smallest absolute Gasteiger partial charge is 0.203 e. The molecule has 3 nitrogen and oxygen atoms in total. The minimum Gasteiger partial charge on any atom is -0.482 e. The van der Waals surface area contributed by atoms with Crippen LogP contribution in [0.1, 0.15) is 4.88 Å². The van der Waals surface area contributed by atoms with Crippen molar-refractivity contribution in [3.8, 4) is 5.75 Å². The lowest BCUT2D eigenvalue weighted by molar-refractivity contribution is 0.264. The second kappa shape index (κ2) is 4.81. The Morgan fingerprint density at radius 1 is 1.17 bits per heavy atom. The van der Waals surface area contributed by atoms with Crippen LogP contribution in [-0.4, -0.2) is 4.98 Å². The van der Waals surface area contributed by atoms with Crippen LogP contribution in [0.15, 0.2) is 12.3 Å². The Morgan fingerprint density at radius 3 is 2.28 bits per heavy atom. The molecule has 0 spiro atoms. The zero-order valence-corrected chi connectivity index (χ0v) is 9.53. The molecule has 96 valence electrons. The Hall–Kier alpha value is -1.83. The third kappa shape index (κ3) is 2.37. The highest BCUT2D eigenvalue weighted by Crippen LogP contribution is 2.27. The number of anilines is 1. The van der Waals surface area contributed by atoms with Gasteiger partial charge in [-0.2, -0.15) is 8.78 Å². The second-order valence-electron chi connectivity index (χ2n) is 3.25. The third-order valence-electron chi connectivity index (χ3n) is 2.00. The van der Waals surface area contributed by atoms with Gasteiger partial charge in [0, 0.05) is 12.3 Å². The molecule has 0 radical (unpaired) electrons. The van der Waals surface area contributed by atoms with Crippen molar-refractivity contribution in [3.05, 3.63) is 40.4 Å². The number of benzene rings is 1. The highest BCUT2D eigenvalue weighted by molar-refractivity contribution is 7.15. The summed E-state index contributed by atoms with van der Waals surface area (Å²) in [5, 5.41) is 0.250. The van der Waals surface area contributed by atoms with E-state index < -0.39 is 29.0 Å². The van der Waals surface area contributed by atoms with E-state index in [1.165, 1.54) is 6.20 Å². The molecule has 0 unspecified atom stereocenters. The van der Waals surface area contributed by atoms with Crippen LogP contribution in [0.5, 0.6) is 5.75 Å². The summed E-state index contributed by atoms with van der Waals surface area (Å²) >= 11 is 1.04. The average Bonchev–Trinajstić information content (AvgIpc) is 2.73. The van der Waals surface area contributed by atoms with Gasteiger partial charge in [-0.25, -0.2) is 13.8 Å². The van der Waals surface area contributed by atoms with Crippen LogP contribution in [0, 0.1) is 23.3 Å². The molecule has 0 aliphatic carbocycles. The molecule has 0 aliphatic rings. The van der Waals surface area contributed by atoms with Gasteiger partial charge in [0.1, 0.15) is 6.61 Å². The van der Waals surface area contributed by atoms with E-state index in [1.807, 2.05) is 0 Å². The van der Waals surface area contributed by atoms with Crippen LogP contribution in [0.3, 0.4) is 0 Å². The van der Waals surface area contributed by atoms with Gasteiger partial charge in [0.05, 0.1) is 4.88 Å². The number of ether oxygens (including phenoxy) is 1. The summed E-state index contributed by atoms with van der Waals surface area (Å²) in [7, 11) is 0. The number of nitrogen functional groups attached to an aromatic ring is 1. The van der Waals surface area contributed by atoms with Crippen molar-refractivity contribution in [1.29, 1.82) is 0 Å². The van der Waals surface area contributed by atoms with Crippen molar-refractivity contribution in [2.24, 2.45) is 0 Å². The van der Waals surface area contributed by atoms with E-state index in [9.17, 15) is 17.6 Å². The Bertz CT molecular complexity index is 561. The van der Waals surface area contributed by atoms with E-state index in [2.05, 4.69) is 4.98 Å². The first-order chi connectivity index (χ1) is 8.49. The summed E-state index contributed by atoms with van der Waals surface area (Å²) in [6.45, 7) is -0.286. The Kier molecular flexibility index (Phi) is 3.37. The monoisotopic (exact) mass is 278 g/mol. The number of nitrogens with two attached hydrogens (primary N) is 1. The molecule has 2 N–H and O–H groups in total. The highest BCUT2D eigenvalue weighted by Gasteiger charge is 2.20. The second-order valence-corrected chi connectivity index (χ2v) is 4.40. The van der Waals surface area contributed by atoms with Gasteiger partial charge in [0.2, 0.25) is 11.6 Å². The molecule has 1 heterocycles. The van der Waals surface area contributed by atoms with E-state index >= 15 is 0 Å². The lowest BCUT2D eigenvalue weighted by Gasteiger charge is -2.08. The van der Waals surface area contributed by atoms with Crippen molar-refractivity contribution in [3.63, 3.8) is 0 Å². The number of thiazole rings is 1. The summed E-state index contributed by atoms with van der Waals surface area (Å²) in [6.07, 6.45) is 1.34. The van der Waals surface area contributed by atoms with E-state index in [4.69, 9.17) is 10.5 Å². The minimum absolute atomic E-state index is 0.113. The van der Waals surface area contributed by atoms with E-state index in [0.717, 1.165) is 11.3 Å². The summed E-state index contributed by atoms with van der Waals surface area (Å²) in [5.74, 6) is -7.29. The largest absolute Gasteiger partial charge is 0.482 e. The summed E-state index contributed by atoms with van der Waals surface area (Å²) in [5.41, 5.74) is 5.34. The molecule has 0 bridgehead atoms. The van der Waals surface area contributed by atoms with Gasteiger partial charge in [-0.05, 0) is 0 Å². The van der Waals surface area contributed by atoms with Gasteiger partial charge in [-0.1, -0.05) is 11.3 Å². The maximum atomic E-state index is 13.2. The van der Waals surface area contributed by atoms with Gasteiger partial charge in [-0.15, -0.1) is 0 Å². The summed E-state index contributed by atoms with van der Waals surface area (Å²) in [4.78, 5) is 4.16. The normalized spacial score (nSPS) is 10.7. The SMILES string of the molecule is Nc1ncc(COc2c(F)c(F)cc(F)c2F)s1. The van der Waals surface area contributed by atoms with Crippen LogP contribution in [-0.2, 0) is 6.61 Å². The zero-order chi connectivity index (χ0) is 13.3. The number of aromatic nitrogens is 1. The quantitative estimate of drug-likeness (QED) is 0.693. The van der Waals surface area contributed by atoms with Crippen molar-refractivity contribution >= 4 is 16.5 Å². The minimum atomic E-state index is -1.58. The number of halogens is 4. The third-order valence-corrected chi connectivity index (χ3v) is 2.80. The molecule has 1 aromatic heterocycles. The number of hydrogen-bond donors (Lipinski definition) is 1. The molecule has 1 aromatic carbocycles. The first-order valence-corrected chi connectivity index (χ1v) is 5.46. The topological polar surface area (TPSA) is 48.1 Å². The molecule has 0 amide bonds. The van der Waals surface area contributed by atoms with E-state index in [0.29, 0.717) is 4.88 Å². The van der Waals surface area contributed by atoms with Crippen molar-refractivity contribution in [1.82, 2.24) is 4.98 Å². The Balaban J connectivity index is 2.24. The fourth-order valence-corrected chi connectivity index (χ4v) is 1.81. The zero-order valence-electron chi connectivity index (χ0n) is 8.71. The molecular formula is C10H6F4N2OS. The molecule has 0 saturated carbocycles. The predicted octanol–water partition coefficient (Wildman–Crippen LogP) is 2.86.